The molecule has 5 heteroatoms. The van der Waals surface area contributed by atoms with Crippen LogP contribution in [-0.2, 0) is 14.3 Å². The zero-order chi connectivity index (χ0) is 13.7. The topological polar surface area (TPSA) is 59.6 Å². The number of amides is 1. The van der Waals surface area contributed by atoms with Crippen molar-refractivity contribution in [1.29, 1.82) is 0 Å². The van der Waals surface area contributed by atoms with Crippen molar-refractivity contribution in [3.05, 3.63) is 29.8 Å². The van der Waals surface area contributed by atoms with Crippen molar-refractivity contribution >= 4 is 11.6 Å². The van der Waals surface area contributed by atoms with E-state index in [1.54, 1.807) is 14.2 Å². The number of benzene rings is 1. The van der Waals surface area contributed by atoms with Gasteiger partial charge in [-0.15, -0.1) is 0 Å². The van der Waals surface area contributed by atoms with Crippen LogP contribution in [0, 0.1) is 0 Å². The Morgan fingerprint density at radius 3 is 3.00 bits per heavy atom. The van der Waals surface area contributed by atoms with Gasteiger partial charge in [0.25, 0.3) is 0 Å². The van der Waals surface area contributed by atoms with Crippen LogP contribution >= 0.6 is 0 Å². The molecule has 0 aromatic heterocycles. The summed E-state index contributed by atoms with van der Waals surface area (Å²) in [5, 5.41) is 6.16. The van der Waals surface area contributed by atoms with E-state index < -0.39 is 0 Å². The summed E-state index contributed by atoms with van der Waals surface area (Å²) in [5.74, 6) is -0.105. The van der Waals surface area contributed by atoms with Gasteiger partial charge in [-0.25, -0.2) is 0 Å². The molecule has 1 amide bonds. The quantitative estimate of drug-likeness (QED) is 0.804. The Hall–Kier alpha value is -1.59. The van der Waals surface area contributed by atoms with Crippen LogP contribution in [0.3, 0.4) is 0 Å². The van der Waals surface area contributed by atoms with Gasteiger partial charge in [0.1, 0.15) is 0 Å². The van der Waals surface area contributed by atoms with E-state index >= 15 is 0 Å². The smallest absolute Gasteiger partial charge is 0.229 e. The number of anilines is 1. The fourth-order valence-electron chi connectivity index (χ4n) is 2.25. The third-order valence-corrected chi connectivity index (χ3v) is 3.34. The molecular formula is C14H20N2O3. The first-order valence-electron chi connectivity index (χ1n) is 6.38. The van der Waals surface area contributed by atoms with Crippen molar-refractivity contribution in [2.24, 2.45) is 0 Å². The van der Waals surface area contributed by atoms with E-state index in [0.29, 0.717) is 19.7 Å². The summed E-state index contributed by atoms with van der Waals surface area (Å²) in [7, 11) is 3.23. The molecule has 2 rings (SSSR count). The van der Waals surface area contributed by atoms with E-state index in [4.69, 9.17) is 9.47 Å². The number of methoxy groups -OCH3 is 2. The molecule has 0 spiro atoms. The van der Waals surface area contributed by atoms with Gasteiger partial charge in [-0.1, -0.05) is 18.2 Å². The summed E-state index contributed by atoms with van der Waals surface area (Å²) in [6.07, 6.45) is -0.112. The maximum absolute atomic E-state index is 12.2. The molecule has 1 aliphatic heterocycles. The summed E-state index contributed by atoms with van der Waals surface area (Å²) in [5.41, 5.74) is 2.10. The summed E-state index contributed by atoms with van der Waals surface area (Å²) in [6.45, 7) is 1.57. The highest BCUT2D eigenvalue weighted by molar-refractivity contribution is 5.88. The lowest BCUT2D eigenvalue weighted by molar-refractivity contribution is -0.122. The number of ether oxygens (including phenoxy) is 2. The highest BCUT2D eigenvalue weighted by atomic mass is 16.5. The third-order valence-electron chi connectivity index (χ3n) is 3.34. The van der Waals surface area contributed by atoms with E-state index in [0.717, 1.165) is 11.3 Å². The minimum absolute atomic E-state index is 0.0237. The molecule has 1 aliphatic rings. The van der Waals surface area contributed by atoms with Crippen LogP contribution in [0.2, 0.25) is 0 Å². The zero-order valence-electron chi connectivity index (χ0n) is 11.3. The molecule has 0 fully saturated rings. The van der Waals surface area contributed by atoms with Crippen molar-refractivity contribution in [3.63, 3.8) is 0 Å². The summed E-state index contributed by atoms with van der Waals surface area (Å²) >= 11 is 0. The van der Waals surface area contributed by atoms with Gasteiger partial charge in [0.15, 0.2) is 0 Å². The predicted molar refractivity (Wildman–Crippen MR) is 73.4 cm³/mol. The second-order valence-corrected chi connectivity index (χ2v) is 4.58. The number of fused-ring (bicyclic) bond motifs is 1. The minimum atomic E-state index is -0.128. The Labute approximate surface area is 113 Å². The molecule has 0 saturated heterocycles. The first-order chi connectivity index (χ1) is 9.26. The Kier molecular flexibility index (Phi) is 4.76. The Morgan fingerprint density at radius 1 is 1.47 bits per heavy atom. The molecule has 2 atom stereocenters. The molecule has 1 aromatic rings. The Morgan fingerprint density at radius 2 is 2.26 bits per heavy atom. The maximum Gasteiger partial charge on any atom is 0.229 e. The number of para-hydroxylation sites is 1. The molecule has 0 saturated carbocycles. The van der Waals surface area contributed by atoms with Crippen LogP contribution in [0.5, 0.6) is 0 Å². The fourth-order valence-corrected chi connectivity index (χ4v) is 2.25. The van der Waals surface area contributed by atoms with Gasteiger partial charge >= 0.3 is 0 Å². The second kappa shape index (κ2) is 6.54. The van der Waals surface area contributed by atoms with Crippen molar-refractivity contribution in [1.82, 2.24) is 5.32 Å². The normalized spacial score (nSPS) is 18.5. The van der Waals surface area contributed by atoms with E-state index in [1.165, 1.54) is 0 Å². The van der Waals surface area contributed by atoms with Crippen molar-refractivity contribution in [2.75, 3.05) is 39.2 Å². The zero-order valence-corrected chi connectivity index (χ0v) is 11.3. The first-order valence-corrected chi connectivity index (χ1v) is 6.38. The van der Waals surface area contributed by atoms with Gasteiger partial charge < -0.3 is 20.1 Å². The Bertz CT molecular complexity index is 436. The first kappa shape index (κ1) is 13.8. The number of hydrogen-bond donors (Lipinski definition) is 2. The van der Waals surface area contributed by atoms with E-state index in [2.05, 4.69) is 10.6 Å². The lowest BCUT2D eigenvalue weighted by Gasteiger charge is -2.17. The van der Waals surface area contributed by atoms with E-state index in [9.17, 15) is 4.79 Å². The minimum Gasteiger partial charge on any atom is -0.384 e. The van der Waals surface area contributed by atoms with Gasteiger partial charge in [0, 0.05) is 33.0 Å². The predicted octanol–water partition coefficient (Wildman–Crippen LogP) is 0.973. The average Bonchev–Trinajstić information content (AvgIpc) is 2.87. The maximum atomic E-state index is 12.2. The highest BCUT2D eigenvalue weighted by Crippen LogP contribution is 2.30. The van der Waals surface area contributed by atoms with Crippen LogP contribution < -0.4 is 10.6 Å². The van der Waals surface area contributed by atoms with Crippen LogP contribution in [-0.4, -0.2) is 45.9 Å². The number of carbonyl (C=O) groups excluding carboxylic acids is 1. The van der Waals surface area contributed by atoms with Crippen molar-refractivity contribution < 1.29 is 14.3 Å². The van der Waals surface area contributed by atoms with E-state index in [-0.39, 0.29) is 17.9 Å². The van der Waals surface area contributed by atoms with Gasteiger partial charge in [-0.05, 0) is 11.6 Å². The van der Waals surface area contributed by atoms with Crippen molar-refractivity contribution in [3.8, 4) is 0 Å². The molecule has 0 bridgehead atoms. The summed E-state index contributed by atoms with van der Waals surface area (Å²) in [4.78, 5) is 12.2. The summed E-state index contributed by atoms with van der Waals surface area (Å²) < 4.78 is 10.2. The average molecular weight is 264 g/mol. The molecule has 0 aliphatic carbocycles. The molecule has 5 nitrogen and oxygen atoms in total. The van der Waals surface area contributed by atoms with Crippen LogP contribution in [0.4, 0.5) is 5.69 Å². The van der Waals surface area contributed by atoms with Crippen molar-refractivity contribution in [2.45, 2.75) is 12.0 Å². The molecular weight excluding hydrogens is 244 g/mol. The molecule has 2 unspecified atom stereocenters. The number of rotatable bonds is 6. The SMILES string of the molecule is COCC(CNC(=O)C1CNc2ccccc21)OC. The van der Waals surface area contributed by atoms with Crippen LogP contribution in [0.15, 0.2) is 24.3 Å². The molecule has 2 N–H and O–H groups in total. The molecule has 19 heavy (non-hydrogen) atoms. The van der Waals surface area contributed by atoms with Gasteiger partial charge in [0.2, 0.25) is 5.91 Å². The number of nitrogens with one attached hydrogen (secondary N) is 2. The van der Waals surface area contributed by atoms with Gasteiger partial charge in [-0.2, -0.15) is 0 Å². The third kappa shape index (κ3) is 3.24. The van der Waals surface area contributed by atoms with Crippen LogP contribution in [0.1, 0.15) is 11.5 Å². The molecule has 1 heterocycles. The van der Waals surface area contributed by atoms with Gasteiger partial charge in [-0.3, -0.25) is 4.79 Å². The second-order valence-electron chi connectivity index (χ2n) is 4.58. The summed E-state index contributed by atoms with van der Waals surface area (Å²) in [6, 6.07) is 7.90. The molecule has 1 aromatic carbocycles. The Balaban J connectivity index is 1.91. The van der Waals surface area contributed by atoms with Crippen LogP contribution in [0.25, 0.3) is 0 Å². The highest BCUT2D eigenvalue weighted by Gasteiger charge is 2.28. The monoisotopic (exact) mass is 264 g/mol. The lowest BCUT2D eigenvalue weighted by Crippen LogP contribution is -2.38. The van der Waals surface area contributed by atoms with Gasteiger partial charge in [0.05, 0.1) is 18.6 Å². The fraction of sp³-hybridized carbons (Fsp3) is 0.500. The number of carbonyl (C=O) groups is 1. The van der Waals surface area contributed by atoms with E-state index in [1.807, 2.05) is 24.3 Å². The lowest BCUT2D eigenvalue weighted by atomic mass is 10.0. The molecule has 0 radical (unpaired) electrons. The number of hydrogen-bond acceptors (Lipinski definition) is 4. The largest absolute Gasteiger partial charge is 0.384 e. The standard InChI is InChI=1S/C14H20N2O3/c1-18-9-10(19-2)7-16-14(17)12-8-15-13-6-4-3-5-11(12)13/h3-6,10,12,15H,7-9H2,1-2H3,(H,16,17). The molecule has 104 valence electrons.